The van der Waals surface area contributed by atoms with Crippen LogP contribution in [0, 0.1) is 13.7 Å². The van der Waals surface area contributed by atoms with Gasteiger partial charge in [-0.15, -0.1) is 0 Å². The lowest BCUT2D eigenvalue weighted by molar-refractivity contribution is -0.384. The van der Waals surface area contributed by atoms with Crippen molar-refractivity contribution in [1.82, 2.24) is 5.32 Å². The topological polar surface area (TPSA) is 90.7 Å². The van der Waals surface area contributed by atoms with E-state index >= 15 is 0 Å². The zero-order chi connectivity index (χ0) is 17.8. The van der Waals surface area contributed by atoms with E-state index in [1.807, 2.05) is 40.8 Å². The summed E-state index contributed by atoms with van der Waals surface area (Å²) in [4.78, 5) is 22.6. The average molecular weight is 454 g/mol. The van der Waals surface area contributed by atoms with Crippen molar-refractivity contribution < 1.29 is 19.2 Å². The summed E-state index contributed by atoms with van der Waals surface area (Å²) >= 11 is 1.92. The lowest BCUT2D eigenvalue weighted by Gasteiger charge is -2.11. The summed E-state index contributed by atoms with van der Waals surface area (Å²) in [6.45, 7) is 1.55. The van der Waals surface area contributed by atoms with Gasteiger partial charge in [-0.25, -0.2) is 0 Å². The summed E-state index contributed by atoms with van der Waals surface area (Å²) in [6.07, 6.45) is 0.833. The number of rotatable bonds is 4. The number of nitrogens with zero attached hydrogens (tertiary/aromatic N) is 1. The Morgan fingerprint density at radius 2 is 1.92 bits per heavy atom. The van der Waals surface area contributed by atoms with Crippen LogP contribution >= 0.6 is 22.6 Å². The SMILES string of the molecule is O=C(NCc1ccc2c(c1)OCCCO2)c1ccc([N+](=O)[O-])cc1I. The second-order valence-electron chi connectivity index (χ2n) is 5.44. The quantitative estimate of drug-likeness (QED) is 0.435. The highest BCUT2D eigenvalue weighted by molar-refractivity contribution is 14.1. The number of carbonyl (C=O) groups excluding carboxylic acids is 1. The maximum absolute atomic E-state index is 12.3. The van der Waals surface area contributed by atoms with Crippen LogP contribution in [0.4, 0.5) is 5.69 Å². The second kappa shape index (κ2) is 7.68. The fourth-order valence-electron chi connectivity index (χ4n) is 2.40. The summed E-state index contributed by atoms with van der Waals surface area (Å²) in [5, 5.41) is 13.6. The van der Waals surface area contributed by atoms with Crippen LogP contribution in [-0.4, -0.2) is 24.0 Å². The maximum Gasteiger partial charge on any atom is 0.270 e. The zero-order valence-corrected chi connectivity index (χ0v) is 15.3. The minimum atomic E-state index is -0.485. The number of halogens is 1. The van der Waals surface area contributed by atoms with Gasteiger partial charge in [-0.3, -0.25) is 14.9 Å². The standard InChI is InChI=1S/C17H15IN2O5/c18-14-9-12(20(22)23)3-4-13(14)17(21)19-10-11-2-5-15-16(8-11)25-7-1-6-24-15/h2-5,8-9H,1,6-7,10H2,(H,19,21). The second-order valence-corrected chi connectivity index (χ2v) is 6.60. The smallest absolute Gasteiger partial charge is 0.270 e. The Hall–Kier alpha value is -2.36. The predicted octanol–water partition coefficient (Wildman–Crippen LogP) is 3.29. The first-order chi connectivity index (χ1) is 12.0. The van der Waals surface area contributed by atoms with Gasteiger partial charge in [-0.05, 0) is 46.4 Å². The summed E-state index contributed by atoms with van der Waals surface area (Å²) in [5.74, 6) is 1.10. The minimum absolute atomic E-state index is 0.0381. The highest BCUT2D eigenvalue weighted by atomic mass is 127. The summed E-state index contributed by atoms with van der Waals surface area (Å²) < 4.78 is 11.7. The highest BCUT2D eigenvalue weighted by Crippen LogP contribution is 2.30. The molecule has 0 saturated heterocycles. The van der Waals surface area contributed by atoms with Crippen molar-refractivity contribution in [3.05, 3.63) is 61.2 Å². The number of nitrogens with one attached hydrogen (secondary N) is 1. The summed E-state index contributed by atoms with van der Waals surface area (Å²) in [7, 11) is 0. The molecule has 0 spiro atoms. The summed E-state index contributed by atoms with van der Waals surface area (Å²) in [5.41, 5.74) is 1.25. The molecule has 0 aromatic heterocycles. The number of hydrogen-bond acceptors (Lipinski definition) is 5. The number of hydrogen-bond donors (Lipinski definition) is 1. The van der Waals surface area contributed by atoms with Gasteiger partial charge < -0.3 is 14.8 Å². The predicted molar refractivity (Wildman–Crippen MR) is 99.0 cm³/mol. The molecule has 0 aliphatic carbocycles. The van der Waals surface area contributed by atoms with E-state index < -0.39 is 4.92 Å². The fourth-order valence-corrected chi connectivity index (χ4v) is 3.14. The zero-order valence-electron chi connectivity index (χ0n) is 13.2. The molecule has 0 radical (unpaired) electrons. The Kier molecular flexibility index (Phi) is 5.37. The van der Waals surface area contributed by atoms with E-state index in [-0.39, 0.29) is 11.6 Å². The number of ether oxygens (including phenoxy) is 2. The first kappa shape index (κ1) is 17.5. The molecule has 3 rings (SSSR count). The van der Waals surface area contributed by atoms with Crippen LogP contribution in [0.25, 0.3) is 0 Å². The number of non-ortho nitro benzene ring substituents is 1. The van der Waals surface area contributed by atoms with Crippen LogP contribution in [0.15, 0.2) is 36.4 Å². The molecule has 2 aromatic carbocycles. The van der Waals surface area contributed by atoms with Gasteiger partial charge in [0.05, 0.1) is 23.7 Å². The number of nitro benzene ring substituents is 1. The third kappa shape index (κ3) is 4.19. The van der Waals surface area contributed by atoms with Crippen molar-refractivity contribution in [1.29, 1.82) is 0 Å². The van der Waals surface area contributed by atoms with E-state index in [0.717, 1.165) is 12.0 Å². The Morgan fingerprint density at radius 1 is 1.16 bits per heavy atom. The van der Waals surface area contributed by atoms with Crippen molar-refractivity contribution in [2.75, 3.05) is 13.2 Å². The molecule has 1 aliphatic heterocycles. The Labute approximate surface area is 157 Å². The number of benzene rings is 2. The first-order valence-corrected chi connectivity index (χ1v) is 8.73. The molecule has 25 heavy (non-hydrogen) atoms. The molecule has 7 nitrogen and oxygen atoms in total. The number of nitro groups is 1. The van der Waals surface area contributed by atoms with E-state index in [2.05, 4.69) is 5.32 Å². The van der Waals surface area contributed by atoms with E-state index in [1.54, 1.807) is 0 Å². The van der Waals surface area contributed by atoms with Gasteiger partial charge in [-0.1, -0.05) is 6.07 Å². The van der Waals surface area contributed by atoms with E-state index in [1.165, 1.54) is 18.2 Å². The molecule has 1 amide bonds. The van der Waals surface area contributed by atoms with Crippen LogP contribution in [0.3, 0.4) is 0 Å². The molecular formula is C17H15IN2O5. The van der Waals surface area contributed by atoms with Crippen molar-refractivity contribution in [2.45, 2.75) is 13.0 Å². The molecule has 0 saturated carbocycles. The maximum atomic E-state index is 12.3. The molecule has 1 heterocycles. The fraction of sp³-hybridized carbons (Fsp3) is 0.235. The van der Waals surface area contributed by atoms with E-state index in [4.69, 9.17) is 9.47 Å². The van der Waals surface area contributed by atoms with Gasteiger partial charge in [0.1, 0.15) is 0 Å². The third-order valence-corrected chi connectivity index (χ3v) is 4.57. The third-order valence-electron chi connectivity index (χ3n) is 3.67. The normalized spacial score (nSPS) is 13.0. The van der Waals surface area contributed by atoms with Crippen LogP contribution < -0.4 is 14.8 Å². The monoisotopic (exact) mass is 454 g/mol. The molecule has 2 aromatic rings. The lowest BCUT2D eigenvalue weighted by atomic mass is 10.1. The highest BCUT2D eigenvalue weighted by Gasteiger charge is 2.15. The average Bonchev–Trinajstić information content (AvgIpc) is 2.84. The van der Waals surface area contributed by atoms with Gasteiger partial charge in [0.25, 0.3) is 11.6 Å². The molecule has 0 atom stereocenters. The first-order valence-electron chi connectivity index (χ1n) is 7.65. The van der Waals surface area contributed by atoms with Crippen LogP contribution in [0.5, 0.6) is 11.5 Å². The molecule has 1 N–H and O–H groups in total. The molecule has 130 valence electrons. The van der Waals surface area contributed by atoms with Crippen LogP contribution in [0.1, 0.15) is 22.3 Å². The van der Waals surface area contributed by atoms with Gasteiger partial charge in [0.15, 0.2) is 11.5 Å². The van der Waals surface area contributed by atoms with Crippen molar-refractivity contribution in [2.24, 2.45) is 0 Å². The number of carbonyl (C=O) groups is 1. The van der Waals surface area contributed by atoms with E-state index in [9.17, 15) is 14.9 Å². The Balaban J connectivity index is 1.68. The summed E-state index contributed by atoms with van der Waals surface area (Å²) in [6, 6.07) is 9.71. The number of amides is 1. The van der Waals surface area contributed by atoms with Gasteiger partial charge >= 0.3 is 0 Å². The molecule has 0 bridgehead atoms. The van der Waals surface area contributed by atoms with Gasteiger partial charge in [-0.2, -0.15) is 0 Å². The van der Waals surface area contributed by atoms with Gasteiger partial charge in [0.2, 0.25) is 0 Å². The molecule has 8 heteroatoms. The van der Waals surface area contributed by atoms with E-state index in [0.29, 0.717) is 40.4 Å². The van der Waals surface area contributed by atoms with Crippen molar-refractivity contribution >= 4 is 34.2 Å². The largest absolute Gasteiger partial charge is 0.490 e. The number of fused-ring (bicyclic) bond motifs is 1. The molecule has 0 unspecified atom stereocenters. The lowest BCUT2D eigenvalue weighted by Crippen LogP contribution is -2.23. The molecule has 0 fully saturated rings. The van der Waals surface area contributed by atoms with Crippen molar-refractivity contribution in [3.63, 3.8) is 0 Å². The Morgan fingerprint density at radius 3 is 2.64 bits per heavy atom. The van der Waals surface area contributed by atoms with Gasteiger partial charge in [0, 0.05) is 28.7 Å². The minimum Gasteiger partial charge on any atom is -0.490 e. The molecular weight excluding hydrogens is 439 g/mol. The Bertz CT molecular complexity index is 825. The molecule has 1 aliphatic rings. The van der Waals surface area contributed by atoms with Crippen molar-refractivity contribution in [3.8, 4) is 11.5 Å². The van der Waals surface area contributed by atoms with Crippen LogP contribution in [0.2, 0.25) is 0 Å². The van der Waals surface area contributed by atoms with Crippen LogP contribution in [-0.2, 0) is 6.54 Å².